The lowest BCUT2D eigenvalue weighted by molar-refractivity contribution is 0.195. The molecule has 2 aromatic carbocycles. The second kappa shape index (κ2) is 5.84. The Morgan fingerprint density at radius 1 is 1.10 bits per heavy atom. The number of halogens is 1. The molecule has 0 aliphatic carbocycles. The highest BCUT2D eigenvalue weighted by Crippen LogP contribution is 2.34. The highest BCUT2D eigenvalue weighted by molar-refractivity contribution is 9.10. The third-order valence-corrected chi connectivity index (χ3v) is 3.73. The topological polar surface area (TPSA) is 42.4 Å². The largest absolute Gasteiger partial charge is 0.455 e. The van der Waals surface area contributed by atoms with Gasteiger partial charge in [0.1, 0.15) is 11.3 Å². The predicted molar refractivity (Wildman–Crippen MR) is 86.6 cm³/mol. The number of benzene rings is 2. The Morgan fingerprint density at radius 3 is 2.71 bits per heavy atom. The van der Waals surface area contributed by atoms with Crippen LogP contribution in [0.25, 0.3) is 10.9 Å². The third-order valence-electron chi connectivity index (χ3n) is 3.24. The molecule has 0 bridgehead atoms. The fraction of sp³-hybridized carbons (Fsp3) is 0.118. The van der Waals surface area contributed by atoms with Crippen LogP contribution in [0.1, 0.15) is 18.6 Å². The number of aliphatic hydroxyl groups is 1. The molecule has 3 aromatic rings. The number of nitrogens with zero attached hydrogens (tertiary/aromatic N) is 1. The molecule has 4 heteroatoms. The average Bonchev–Trinajstić information content (AvgIpc) is 2.47. The minimum Gasteiger partial charge on any atom is -0.455 e. The van der Waals surface area contributed by atoms with Crippen LogP contribution in [0.3, 0.4) is 0 Å². The van der Waals surface area contributed by atoms with Crippen LogP contribution in [0.2, 0.25) is 0 Å². The summed E-state index contributed by atoms with van der Waals surface area (Å²) in [6.45, 7) is 1.72. The zero-order valence-corrected chi connectivity index (χ0v) is 13.0. The second-order valence-corrected chi connectivity index (χ2v) is 5.71. The van der Waals surface area contributed by atoms with Crippen molar-refractivity contribution in [3.8, 4) is 11.5 Å². The lowest BCUT2D eigenvalue weighted by Gasteiger charge is -2.14. The van der Waals surface area contributed by atoms with E-state index in [0.717, 1.165) is 20.9 Å². The average molecular weight is 344 g/mol. The van der Waals surface area contributed by atoms with E-state index in [4.69, 9.17) is 4.74 Å². The fourth-order valence-electron chi connectivity index (χ4n) is 2.22. The molecule has 0 spiro atoms. The molecular formula is C17H14BrNO2. The van der Waals surface area contributed by atoms with Gasteiger partial charge < -0.3 is 9.84 Å². The first-order chi connectivity index (χ1) is 10.1. The van der Waals surface area contributed by atoms with Gasteiger partial charge in [-0.15, -0.1) is 0 Å². The zero-order chi connectivity index (χ0) is 14.8. The van der Waals surface area contributed by atoms with E-state index in [1.807, 2.05) is 48.5 Å². The van der Waals surface area contributed by atoms with Gasteiger partial charge in [-0.2, -0.15) is 0 Å². The summed E-state index contributed by atoms with van der Waals surface area (Å²) < 4.78 is 6.91. The number of hydrogen-bond donors (Lipinski definition) is 1. The van der Waals surface area contributed by atoms with E-state index >= 15 is 0 Å². The number of pyridine rings is 1. The van der Waals surface area contributed by atoms with Gasteiger partial charge >= 0.3 is 0 Å². The van der Waals surface area contributed by atoms with Crippen LogP contribution in [0.5, 0.6) is 11.5 Å². The van der Waals surface area contributed by atoms with Crippen molar-refractivity contribution in [2.75, 3.05) is 0 Å². The van der Waals surface area contributed by atoms with Crippen molar-refractivity contribution in [1.82, 2.24) is 4.98 Å². The molecule has 0 saturated heterocycles. The summed E-state index contributed by atoms with van der Waals surface area (Å²) in [5.74, 6) is 1.30. The molecule has 0 radical (unpaired) electrons. The summed E-state index contributed by atoms with van der Waals surface area (Å²) in [6, 6.07) is 15.3. The summed E-state index contributed by atoms with van der Waals surface area (Å²) in [7, 11) is 0. The molecule has 0 amide bonds. The maximum Gasteiger partial charge on any atom is 0.153 e. The summed E-state index contributed by atoms with van der Waals surface area (Å²) in [5.41, 5.74) is 1.54. The van der Waals surface area contributed by atoms with Crippen molar-refractivity contribution in [1.29, 1.82) is 0 Å². The van der Waals surface area contributed by atoms with Gasteiger partial charge in [0.2, 0.25) is 0 Å². The Hall–Kier alpha value is -1.91. The van der Waals surface area contributed by atoms with E-state index in [1.165, 1.54) is 0 Å². The van der Waals surface area contributed by atoms with Crippen molar-refractivity contribution < 1.29 is 9.84 Å². The zero-order valence-electron chi connectivity index (χ0n) is 11.5. The minimum absolute atomic E-state index is 0.601. The van der Waals surface area contributed by atoms with Crippen molar-refractivity contribution >= 4 is 26.8 Å². The lowest BCUT2D eigenvalue weighted by atomic mass is 10.1. The van der Waals surface area contributed by atoms with E-state index < -0.39 is 6.10 Å². The Bertz CT molecular complexity index is 781. The molecule has 3 nitrogen and oxygen atoms in total. The first kappa shape index (κ1) is 14.0. The molecular weight excluding hydrogens is 330 g/mol. The van der Waals surface area contributed by atoms with Crippen LogP contribution < -0.4 is 4.74 Å². The molecule has 0 fully saturated rings. The molecule has 0 aliphatic heterocycles. The molecule has 1 unspecified atom stereocenters. The van der Waals surface area contributed by atoms with Gasteiger partial charge in [0.05, 0.1) is 6.10 Å². The molecule has 0 aliphatic rings. The molecule has 1 N–H and O–H groups in total. The fourth-order valence-corrected chi connectivity index (χ4v) is 2.56. The minimum atomic E-state index is -0.601. The quantitative estimate of drug-likeness (QED) is 0.739. The number of fused-ring (bicyclic) bond motifs is 1. The molecule has 3 rings (SSSR count). The Kier molecular flexibility index (Phi) is 3.90. The Morgan fingerprint density at radius 2 is 1.90 bits per heavy atom. The molecule has 1 heterocycles. The van der Waals surface area contributed by atoms with Gasteiger partial charge in [0, 0.05) is 21.6 Å². The normalized spacial score (nSPS) is 12.3. The van der Waals surface area contributed by atoms with Crippen molar-refractivity contribution in [3.05, 3.63) is 64.8 Å². The van der Waals surface area contributed by atoms with E-state index in [-0.39, 0.29) is 0 Å². The first-order valence-electron chi connectivity index (χ1n) is 6.64. The van der Waals surface area contributed by atoms with Gasteiger partial charge in [0.15, 0.2) is 5.75 Å². The molecule has 21 heavy (non-hydrogen) atoms. The van der Waals surface area contributed by atoms with E-state index in [0.29, 0.717) is 11.5 Å². The summed E-state index contributed by atoms with van der Waals surface area (Å²) in [6.07, 6.45) is 1.14. The van der Waals surface area contributed by atoms with E-state index in [1.54, 1.807) is 13.1 Å². The van der Waals surface area contributed by atoms with Crippen LogP contribution in [0, 0.1) is 0 Å². The van der Waals surface area contributed by atoms with Crippen LogP contribution in [-0.2, 0) is 0 Å². The van der Waals surface area contributed by atoms with Crippen molar-refractivity contribution in [2.45, 2.75) is 13.0 Å². The molecule has 1 aromatic heterocycles. The van der Waals surface area contributed by atoms with Crippen LogP contribution in [0.15, 0.2) is 59.2 Å². The molecule has 1 atom stereocenters. The summed E-state index contributed by atoms with van der Waals surface area (Å²) in [4.78, 5) is 4.38. The Balaban J connectivity index is 2.09. The number of aromatic nitrogens is 1. The van der Waals surface area contributed by atoms with Gasteiger partial charge in [-0.05, 0) is 31.2 Å². The number of rotatable bonds is 3. The SMILES string of the molecule is CC(O)c1ccc(Br)cc1Oc1cccc2cccnc12. The Labute approximate surface area is 131 Å². The number of aliphatic hydroxyl groups excluding tert-OH is 1. The monoisotopic (exact) mass is 343 g/mol. The smallest absolute Gasteiger partial charge is 0.153 e. The van der Waals surface area contributed by atoms with E-state index in [9.17, 15) is 5.11 Å². The van der Waals surface area contributed by atoms with Gasteiger partial charge in [0.25, 0.3) is 0 Å². The van der Waals surface area contributed by atoms with Crippen LogP contribution in [-0.4, -0.2) is 10.1 Å². The first-order valence-corrected chi connectivity index (χ1v) is 7.43. The van der Waals surface area contributed by atoms with Gasteiger partial charge in [-0.3, -0.25) is 4.98 Å². The van der Waals surface area contributed by atoms with Crippen molar-refractivity contribution in [2.24, 2.45) is 0 Å². The van der Waals surface area contributed by atoms with Crippen molar-refractivity contribution in [3.63, 3.8) is 0 Å². The molecule has 0 saturated carbocycles. The lowest BCUT2D eigenvalue weighted by Crippen LogP contribution is -1.97. The molecule has 106 valence electrons. The number of hydrogen-bond acceptors (Lipinski definition) is 3. The number of ether oxygens (including phenoxy) is 1. The maximum absolute atomic E-state index is 9.88. The predicted octanol–water partition coefficient (Wildman–Crippen LogP) is 4.84. The van der Waals surface area contributed by atoms with Crippen LogP contribution >= 0.6 is 15.9 Å². The second-order valence-electron chi connectivity index (χ2n) is 4.79. The van der Waals surface area contributed by atoms with Gasteiger partial charge in [-0.1, -0.05) is 40.2 Å². The third kappa shape index (κ3) is 2.91. The van der Waals surface area contributed by atoms with Crippen LogP contribution in [0.4, 0.5) is 0 Å². The highest BCUT2D eigenvalue weighted by Gasteiger charge is 2.12. The van der Waals surface area contributed by atoms with E-state index in [2.05, 4.69) is 20.9 Å². The summed E-state index contributed by atoms with van der Waals surface area (Å²) >= 11 is 3.43. The standard InChI is InChI=1S/C17H14BrNO2/c1-11(20)14-8-7-13(18)10-16(14)21-15-6-2-4-12-5-3-9-19-17(12)15/h2-11,20H,1H3. The highest BCUT2D eigenvalue weighted by atomic mass is 79.9. The van der Waals surface area contributed by atoms with Gasteiger partial charge in [-0.25, -0.2) is 0 Å². The number of para-hydroxylation sites is 1. The maximum atomic E-state index is 9.88. The summed E-state index contributed by atoms with van der Waals surface area (Å²) in [5, 5.41) is 10.9.